The molecule has 1 unspecified atom stereocenters. The Balaban J connectivity index is 1.97. The second-order valence-electron chi connectivity index (χ2n) is 4.83. The van der Waals surface area contributed by atoms with Crippen molar-refractivity contribution in [2.75, 3.05) is 0 Å². The SMILES string of the molecule is Clc1ccc(Cl)c(C(Cl)c2cc3c(s2)CCCC3)c1. The van der Waals surface area contributed by atoms with Crippen LogP contribution < -0.4 is 0 Å². The minimum atomic E-state index is -0.207. The average Bonchev–Trinajstić information content (AvgIpc) is 2.84. The highest BCUT2D eigenvalue weighted by Crippen LogP contribution is 2.41. The Bertz CT molecular complexity index is 580. The third-order valence-electron chi connectivity index (χ3n) is 3.50. The molecule has 0 amide bonds. The molecular weight excluding hydrogens is 319 g/mol. The fourth-order valence-electron chi connectivity index (χ4n) is 2.50. The highest BCUT2D eigenvalue weighted by atomic mass is 35.5. The van der Waals surface area contributed by atoms with Crippen molar-refractivity contribution in [2.45, 2.75) is 31.1 Å². The van der Waals surface area contributed by atoms with Gasteiger partial charge in [-0.15, -0.1) is 22.9 Å². The van der Waals surface area contributed by atoms with Crippen molar-refractivity contribution in [1.29, 1.82) is 0 Å². The number of rotatable bonds is 2. The molecule has 0 saturated heterocycles. The summed E-state index contributed by atoms with van der Waals surface area (Å²) in [6.07, 6.45) is 4.94. The lowest BCUT2D eigenvalue weighted by Crippen LogP contribution is -1.96. The lowest BCUT2D eigenvalue weighted by Gasteiger charge is -2.10. The van der Waals surface area contributed by atoms with Gasteiger partial charge < -0.3 is 0 Å². The molecule has 2 aromatic rings. The zero-order chi connectivity index (χ0) is 13.4. The highest BCUT2D eigenvalue weighted by molar-refractivity contribution is 7.12. The van der Waals surface area contributed by atoms with E-state index in [1.807, 2.05) is 23.5 Å². The van der Waals surface area contributed by atoms with E-state index in [4.69, 9.17) is 34.8 Å². The first-order valence-corrected chi connectivity index (χ1v) is 8.36. The maximum absolute atomic E-state index is 6.60. The Morgan fingerprint density at radius 1 is 1.05 bits per heavy atom. The molecule has 0 bridgehead atoms. The van der Waals surface area contributed by atoms with Crippen LogP contribution in [0.3, 0.4) is 0 Å². The minimum Gasteiger partial charge on any atom is -0.143 e. The van der Waals surface area contributed by atoms with E-state index in [2.05, 4.69) is 6.07 Å². The summed E-state index contributed by atoms with van der Waals surface area (Å²) in [5, 5.41) is 1.14. The summed E-state index contributed by atoms with van der Waals surface area (Å²) < 4.78 is 0. The summed E-state index contributed by atoms with van der Waals surface area (Å²) >= 11 is 20.7. The predicted molar refractivity (Wildman–Crippen MR) is 85.1 cm³/mol. The number of benzene rings is 1. The first-order valence-electron chi connectivity index (χ1n) is 6.35. The number of thiophene rings is 1. The molecule has 1 heterocycles. The maximum Gasteiger partial charge on any atom is 0.0942 e. The van der Waals surface area contributed by atoms with Crippen LogP contribution in [-0.4, -0.2) is 0 Å². The molecule has 1 aliphatic carbocycles. The summed E-state index contributed by atoms with van der Waals surface area (Å²) in [6, 6.07) is 7.70. The van der Waals surface area contributed by atoms with Crippen LogP contribution in [0, 0.1) is 0 Å². The van der Waals surface area contributed by atoms with Gasteiger partial charge in [0.15, 0.2) is 0 Å². The van der Waals surface area contributed by atoms with Gasteiger partial charge in [0.2, 0.25) is 0 Å². The first-order chi connectivity index (χ1) is 9.15. The third-order valence-corrected chi connectivity index (χ3v) is 5.98. The number of aryl methyl sites for hydroxylation is 2. The van der Waals surface area contributed by atoms with E-state index in [-0.39, 0.29) is 5.38 Å². The van der Waals surface area contributed by atoms with Gasteiger partial charge in [-0.1, -0.05) is 23.2 Å². The van der Waals surface area contributed by atoms with Crippen molar-refractivity contribution < 1.29 is 0 Å². The molecule has 0 saturated carbocycles. The van der Waals surface area contributed by atoms with Crippen LogP contribution >= 0.6 is 46.1 Å². The van der Waals surface area contributed by atoms with E-state index in [1.165, 1.54) is 41.0 Å². The van der Waals surface area contributed by atoms with Crippen molar-refractivity contribution in [3.63, 3.8) is 0 Å². The van der Waals surface area contributed by atoms with Crippen LogP contribution in [0.2, 0.25) is 10.0 Å². The van der Waals surface area contributed by atoms with Crippen LogP contribution in [0.5, 0.6) is 0 Å². The monoisotopic (exact) mass is 330 g/mol. The van der Waals surface area contributed by atoms with E-state index >= 15 is 0 Å². The lowest BCUT2D eigenvalue weighted by molar-refractivity contribution is 0.697. The predicted octanol–water partition coefficient (Wildman–Crippen LogP) is 6.26. The molecule has 0 spiro atoms. The molecule has 1 atom stereocenters. The van der Waals surface area contributed by atoms with Crippen molar-refractivity contribution in [3.05, 3.63) is 55.2 Å². The van der Waals surface area contributed by atoms with E-state index in [9.17, 15) is 0 Å². The standard InChI is InChI=1S/C15H13Cl3S/c16-10-5-6-12(17)11(8-10)15(18)14-7-9-3-1-2-4-13(9)19-14/h5-8,15H,1-4H2. The lowest BCUT2D eigenvalue weighted by atomic mass is 9.99. The molecular formula is C15H13Cl3S. The molecule has 1 aromatic heterocycles. The van der Waals surface area contributed by atoms with Crippen LogP contribution in [0.25, 0.3) is 0 Å². The number of hydrogen-bond donors (Lipinski definition) is 0. The van der Waals surface area contributed by atoms with Gasteiger partial charge in [0.05, 0.1) is 5.38 Å². The zero-order valence-electron chi connectivity index (χ0n) is 10.3. The van der Waals surface area contributed by atoms with Crippen LogP contribution in [0.4, 0.5) is 0 Å². The number of hydrogen-bond acceptors (Lipinski definition) is 1. The molecule has 100 valence electrons. The Morgan fingerprint density at radius 3 is 2.63 bits per heavy atom. The summed E-state index contributed by atoms with van der Waals surface area (Å²) in [7, 11) is 0. The normalized spacial score (nSPS) is 16.2. The van der Waals surface area contributed by atoms with Crippen molar-refractivity contribution >= 4 is 46.1 Å². The van der Waals surface area contributed by atoms with Crippen LogP contribution in [0.15, 0.2) is 24.3 Å². The van der Waals surface area contributed by atoms with Crippen LogP contribution in [0.1, 0.15) is 39.1 Å². The fraction of sp³-hybridized carbons (Fsp3) is 0.333. The van der Waals surface area contributed by atoms with Gasteiger partial charge in [-0.3, -0.25) is 0 Å². The molecule has 0 fully saturated rings. The Labute approximate surface area is 132 Å². The molecule has 4 heteroatoms. The van der Waals surface area contributed by atoms with Gasteiger partial charge in [-0.05, 0) is 61.1 Å². The zero-order valence-corrected chi connectivity index (χ0v) is 13.3. The van der Waals surface area contributed by atoms with Crippen LogP contribution in [-0.2, 0) is 12.8 Å². The number of halogens is 3. The van der Waals surface area contributed by atoms with Crippen molar-refractivity contribution in [3.8, 4) is 0 Å². The topological polar surface area (TPSA) is 0 Å². The summed E-state index contributed by atoms with van der Waals surface area (Å²) in [5.41, 5.74) is 2.37. The Kier molecular flexibility index (Phi) is 4.09. The minimum absolute atomic E-state index is 0.207. The Hall–Kier alpha value is -0.210. The van der Waals surface area contributed by atoms with Crippen molar-refractivity contribution in [1.82, 2.24) is 0 Å². The second kappa shape index (κ2) is 5.65. The largest absolute Gasteiger partial charge is 0.143 e. The average molecular weight is 332 g/mol. The third kappa shape index (κ3) is 2.80. The summed E-state index contributed by atoms with van der Waals surface area (Å²) in [6.45, 7) is 0. The molecule has 0 radical (unpaired) electrons. The second-order valence-corrected chi connectivity index (χ2v) is 7.28. The van der Waals surface area contributed by atoms with Gasteiger partial charge in [0.25, 0.3) is 0 Å². The van der Waals surface area contributed by atoms with Crippen molar-refractivity contribution in [2.24, 2.45) is 0 Å². The molecule has 0 nitrogen and oxygen atoms in total. The highest BCUT2D eigenvalue weighted by Gasteiger charge is 2.20. The summed E-state index contributed by atoms with van der Waals surface area (Å²) in [4.78, 5) is 2.67. The maximum atomic E-state index is 6.60. The molecule has 0 N–H and O–H groups in total. The van der Waals surface area contributed by atoms with E-state index in [1.54, 1.807) is 6.07 Å². The summed E-state index contributed by atoms with van der Waals surface area (Å²) in [5.74, 6) is 0. The number of alkyl halides is 1. The van der Waals surface area contributed by atoms with E-state index < -0.39 is 0 Å². The molecule has 0 aliphatic heterocycles. The quantitative estimate of drug-likeness (QED) is 0.569. The van der Waals surface area contributed by atoms with E-state index in [0.29, 0.717) is 10.0 Å². The van der Waals surface area contributed by atoms with Gasteiger partial charge in [-0.25, -0.2) is 0 Å². The van der Waals surface area contributed by atoms with Gasteiger partial charge in [-0.2, -0.15) is 0 Å². The number of fused-ring (bicyclic) bond motifs is 1. The van der Waals surface area contributed by atoms with E-state index in [0.717, 1.165) is 5.56 Å². The van der Waals surface area contributed by atoms with Gasteiger partial charge >= 0.3 is 0 Å². The Morgan fingerprint density at radius 2 is 1.84 bits per heavy atom. The molecule has 1 aromatic carbocycles. The first kappa shape index (κ1) is 13.8. The van der Waals surface area contributed by atoms with Gasteiger partial charge in [0, 0.05) is 19.8 Å². The van der Waals surface area contributed by atoms with Gasteiger partial charge in [0.1, 0.15) is 0 Å². The molecule has 19 heavy (non-hydrogen) atoms. The smallest absolute Gasteiger partial charge is 0.0942 e. The molecule has 3 rings (SSSR count). The molecule has 1 aliphatic rings. The fourth-order valence-corrected chi connectivity index (χ4v) is 4.60.